The van der Waals surface area contributed by atoms with Crippen LogP contribution in [0.25, 0.3) is 0 Å². The topological polar surface area (TPSA) is 57.0 Å². The Bertz CT molecular complexity index is 361. The molecule has 1 rings (SSSR count). The molecule has 0 N–H and O–H groups in total. The fourth-order valence-electron chi connectivity index (χ4n) is 1.15. The fourth-order valence-corrected chi connectivity index (χ4v) is 1.79. The van der Waals surface area contributed by atoms with Gasteiger partial charge in [0, 0.05) is 38.9 Å². The van der Waals surface area contributed by atoms with Crippen LogP contribution in [0.3, 0.4) is 0 Å². The molecule has 0 unspecified atom stereocenters. The first-order valence-corrected chi connectivity index (χ1v) is 5.73. The Morgan fingerprint density at radius 3 is 2.88 bits per heavy atom. The van der Waals surface area contributed by atoms with Crippen LogP contribution in [-0.4, -0.2) is 43.1 Å². The molecule has 0 amide bonds. The highest BCUT2D eigenvalue weighted by atomic mass is 32.1. The summed E-state index contributed by atoms with van der Waals surface area (Å²) in [6.07, 6.45) is 2.60. The Balaban J connectivity index is 2.80. The van der Waals surface area contributed by atoms with Gasteiger partial charge in [0.15, 0.2) is 0 Å². The molecule has 88 valence electrons. The number of aromatic nitrogens is 2. The van der Waals surface area contributed by atoms with E-state index < -0.39 is 0 Å². The summed E-state index contributed by atoms with van der Waals surface area (Å²) in [6.45, 7) is 6.52. The largest absolute Gasteiger partial charge is 0.350 e. The molecule has 1 aromatic heterocycles. The quantitative estimate of drug-likeness (QED) is 0.429. The Hall–Kier alpha value is -1.50. The Labute approximate surface area is 99.5 Å². The molecule has 0 radical (unpaired) electrons. The molecule has 6 nitrogen and oxygen atoms in total. The van der Waals surface area contributed by atoms with Gasteiger partial charge in [-0.2, -0.15) is 15.1 Å². The van der Waals surface area contributed by atoms with E-state index in [1.54, 1.807) is 7.05 Å². The molecule has 7 heteroatoms. The third-order valence-electron chi connectivity index (χ3n) is 1.87. The lowest BCUT2D eigenvalue weighted by molar-refractivity contribution is 0.846. The van der Waals surface area contributed by atoms with E-state index in [1.807, 2.05) is 7.05 Å². The van der Waals surface area contributed by atoms with Crippen LogP contribution in [0, 0.1) is 0 Å². The molecule has 0 aliphatic carbocycles. The van der Waals surface area contributed by atoms with Gasteiger partial charge < -0.3 is 4.90 Å². The van der Waals surface area contributed by atoms with Crippen molar-refractivity contribution < 1.29 is 0 Å². The van der Waals surface area contributed by atoms with Gasteiger partial charge in [0.25, 0.3) is 5.95 Å². The van der Waals surface area contributed by atoms with Crippen LogP contribution in [0.4, 0.5) is 11.1 Å². The second-order valence-electron chi connectivity index (χ2n) is 3.16. The van der Waals surface area contributed by atoms with Crippen molar-refractivity contribution in [1.29, 1.82) is 0 Å². The summed E-state index contributed by atoms with van der Waals surface area (Å²) in [4.78, 5) is 10.3. The average Bonchev–Trinajstić information content (AvgIpc) is 2.75. The van der Waals surface area contributed by atoms with Crippen LogP contribution < -0.4 is 9.91 Å². The van der Waals surface area contributed by atoms with E-state index >= 15 is 0 Å². The monoisotopic (exact) mass is 240 g/mol. The smallest absolute Gasteiger partial charge is 0.265 e. The lowest BCUT2D eigenvalue weighted by Gasteiger charge is -2.13. The van der Waals surface area contributed by atoms with Crippen molar-refractivity contribution in [3.8, 4) is 0 Å². The number of nitrogens with zero attached hydrogens (tertiary/aromatic N) is 6. The van der Waals surface area contributed by atoms with Crippen molar-refractivity contribution in [1.82, 2.24) is 9.36 Å². The zero-order valence-electron chi connectivity index (χ0n) is 9.79. The molecule has 0 saturated carbocycles. The molecule has 0 atom stereocenters. The van der Waals surface area contributed by atoms with Crippen LogP contribution in [-0.2, 0) is 0 Å². The molecule has 0 aliphatic rings. The predicted octanol–water partition coefficient (Wildman–Crippen LogP) is 1.46. The van der Waals surface area contributed by atoms with Crippen molar-refractivity contribution in [2.24, 2.45) is 10.1 Å². The van der Waals surface area contributed by atoms with Crippen molar-refractivity contribution >= 4 is 35.7 Å². The molecule has 1 heterocycles. The molecule has 0 bridgehead atoms. The first-order valence-electron chi connectivity index (χ1n) is 4.96. The number of hydrogen-bond donors (Lipinski definition) is 0. The Kier molecular flexibility index (Phi) is 4.84. The van der Waals surface area contributed by atoms with E-state index in [-0.39, 0.29) is 0 Å². The molecule has 0 spiro atoms. The summed E-state index contributed by atoms with van der Waals surface area (Å²) < 4.78 is 4.20. The summed E-state index contributed by atoms with van der Waals surface area (Å²) in [6, 6.07) is 0. The molecule has 0 fully saturated rings. The summed E-state index contributed by atoms with van der Waals surface area (Å²) in [5, 5.41) is 6.08. The van der Waals surface area contributed by atoms with Gasteiger partial charge in [0.2, 0.25) is 5.13 Å². The van der Waals surface area contributed by atoms with E-state index in [4.69, 9.17) is 0 Å². The standard InChI is InChI=1S/C9H16N6S/c1-5-6-14(4)9-12-8(13-16-9)15(11-3)7-10-2/h7H,3,5-6H2,1-2,4H3. The van der Waals surface area contributed by atoms with Crippen LogP contribution in [0.2, 0.25) is 0 Å². The second-order valence-corrected chi connectivity index (χ2v) is 3.89. The minimum Gasteiger partial charge on any atom is -0.350 e. The Morgan fingerprint density at radius 2 is 2.31 bits per heavy atom. The summed E-state index contributed by atoms with van der Waals surface area (Å²) >= 11 is 1.34. The molecule has 16 heavy (non-hydrogen) atoms. The van der Waals surface area contributed by atoms with Gasteiger partial charge in [-0.15, -0.1) is 4.37 Å². The average molecular weight is 240 g/mol. The van der Waals surface area contributed by atoms with Gasteiger partial charge in [-0.25, -0.2) is 0 Å². The third kappa shape index (κ3) is 2.99. The highest BCUT2D eigenvalue weighted by molar-refractivity contribution is 7.09. The van der Waals surface area contributed by atoms with E-state index in [1.165, 1.54) is 22.9 Å². The first-order chi connectivity index (χ1) is 7.72. The maximum absolute atomic E-state index is 4.35. The van der Waals surface area contributed by atoms with Gasteiger partial charge in [-0.3, -0.25) is 4.99 Å². The number of hydrazone groups is 1. The van der Waals surface area contributed by atoms with Crippen LogP contribution >= 0.6 is 11.5 Å². The third-order valence-corrected chi connectivity index (χ3v) is 2.69. The van der Waals surface area contributed by atoms with E-state index in [0.717, 1.165) is 18.1 Å². The fraction of sp³-hybridized carbons (Fsp3) is 0.556. The second kappa shape index (κ2) is 6.16. The number of hydrogen-bond acceptors (Lipinski definition) is 6. The van der Waals surface area contributed by atoms with Crippen molar-refractivity contribution in [3.63, 3.8) is 0 Å². The van der Waals surface area contributed by atoms with E-state index in [2.05, 4.69) is 38.0 Å². The van der Waals surface area contributed by atoms with Crippen LogP contribution in [0.5, 0.6) is 0 Å². The van der Waals surface area contributed by atoms with Gasteiger partial charge in [-0.1, -0.05) is 6.92 Å². The van der Waals surface area contributed by atoms with Crippen molar-refractivity contribution in [3.05, 3.63) is 0 Å². The van der Waals surface area contributed by atoms with Crippen LogP contribution in [0.15, 0.2) is 10.1 Å². The van der Waals surface area contributed by atoms with Crippen LogP contribution in [0.1, 0.15) is 13.3 Å². The minimum absolute atomic E-state index is 0.503. The molecule has 0 saturated heterocycles. The minimum atomic E-state index is 0.503. The van der Waals surface area contributed by atoms with Gasteiger partial charge in [-0.05, 0) is 6.42 Å². The normalized spacial score (nSPS) is 10.7. The lowest BCUT2D eigenvalue weighted by atomic mass is 10.5. The zero-order chi connectivity index (χ0) is 12.0. The van der Waals surface area contributed by atoms with Crippen molar-refractivity contribution in [2.75, 3.05) is 30.5 Å². The van der Waals surface area contributed by atoms with Gasteiger partial charge in [0.05, 0.1) is 0 Å². The zero-order valence-corrected chi connectivity index (χ0v) is 10.6. The van der Waals surface area contributed by atoms with Gasteiger partial charge >= 0.3 is 0 Å². The Morgan fingerprint density at radius 1 is 1.56 bits per heavy atom. The van der Waals surface area contributed by atoms with E-state index in [9.17, 15) is 0 Å². The van der Waals surface area contributed by atoms with E-state index in [0.29, 0.717) is 5.95 Å². The highest BCUT2D eigenvalue weighted by Crippen LogP contribution is 2.20. The molecule has 0 aliphatic heterocycles. The molecule has 0 aromatic carbocycles. The predicted molar refractivity (Wildman–Crippen MR) is 69.9 cm³/mol. The van der Waals surface area contributed by atoms with Crippen molar-refractivity contribution in [2.45, 2.75) is 13.3 Å². The summed E-state index contributed by atoms with van der Waals surface area (Å²) in [5.41, 5.74) is 0. The van der Waals surface area contributed by atoms with Gasteiger partial charge in [0.1, 0.15) is 6.34 Å². The maximum atomic E-state index is 4.35. The molecule has 1 aromatic rings. The molecular weight excluding hydrogens is 224 g/mol. The first kappa shape index (κ1) is 12.6. The summed E-state index contributed by atoms with van der Waals surface area (Å²) in [7, 11) is 3.65. The SMILES string of the molecule is C=NN(C=NC)c1nsc(N(C)CCC)n1. The number of aliphatic imine (C=N–C) groups is 1. The number of anilines is 2. The lowest BCUT2D eigenvalue weighted by Crippen LogP contribution is -2.18. The highest BCUT2D eigenvalue weighted by Gasteiger charge is 2.11. The number of rotatable bonds is 6. The maximum Gasteiger partial charge on any atom is 0.265 e. The molecular formula is C9H16N6S. The summed E-state index contributed by atoms with van der Waals surface area (Å²) in [5.74, 6) is 0.503.